The van der Waals surface area contributed by atoms with Gasteiger partial charge in [-0.2, -0.15) is 8.78 Å². The van der Waals surface area contributed by atoms with E-state index in [9.17, 15) is 13.6 Å². The van der Waals surface area contributed by atoms with Crippen molar-refractivity contribution in [2.24, 2.45) is 0 Å². The largest absolute Gasteiger partial charge is 0.435 e. The van der Waals surface area contributed by atoms with E-state index in [1.165, 1.54) is 22.8 Å². The van der Waals surface area contributed by atoms with Gasteiger partial charge in [0.15, 0.2) is 0 Å². The standard InChI is InChI=1S/C17H15F2N3O2/c1-9-6-10(20)2-5-14(9)22-15-7-11(24-17(18)19)3-4-12(15)13(21)8-16(22)23/h2-8,17H,20-21H2,1H3. The van der Waals surface area contributed by atoms with E-state index in [1.807, 2.05) is 0 Å². The van der Waals surface area contributed by atoms with Crippen molar-refractivity contribution in [1.82, 2.24) is 4.57 Å². The molecule has 7 heteroatoms. The first-order valence-electron chi connectivity index (χ1n) is 7.13. The number of ether oxygens (including phenoxy) is 1. The van der Waals surface area contributed by atoms with Crippen LogP contribution in [-0.2, 0) is 0 Å². The summed E-state index contributed by atoms with van der Waals surface area (Å²) in [6.07, 6.45) is 0. The van der Waals surface area contributed by atoms with Crippen molar-refractivity contribution in [3.8, 4) is 11.4 Å². The van der Waals surface area contributed by atoms with Crippen LogP contribution in [0.2, 0.25) is 0 Å². The predicted molar refractivity (Wildman–Crippen MR) is 89.7 cm³/mol. The molecule has 0 unspecified atom stereocenters. The number of benzene rings is 2. The lowest BCUT2D eigenvalue weighted by molar-refractivity contribution is -0.0497. The van der Waals surface area contributed by atoms with Crippen molar-refractivity contribution >= 4 is 22.3 Å². The average Bonchev–Trinajstić information content (AvgIpc) is 2.48. The van der Waals surface area contributed by atoms with Gasteiger partial charge in [0.25, 0.3) is 5.56 Å². The number of aryl methyl sites for hydroxylation is 1. The smallest absolute Gasteiger partial charge is 0.387 e. The summed E-state index contributed by atoms with van der Waals surface area (Å²) in [5, 5.41) is 0.562. The van der Waals surface area contributed by atoms with Crippen LogP contribution in [0, 0.1) is 6.92 Å². The van der Waals surface area contributed by atoms with Crippen LogP contribution < -0.4 is 21.8 Å². The molecule has 4 N–H and O–H groups in total. The maximum Gasteiger partial charge on any atom is 0.387 e. The molecule has 0 aliphatic carbocycles. The molecule has 1 heterocycles. The number of aromatic nitrogens is 1. The van der Waals surface area contributed by atoms with Gasteiger partial charge in [-0.05, 0) is 42.8 Å². The van der Waals surface area contributed by atoms with Crippen LogP contribution in [0.4, 0.5) is 20.2 Å². The Hall–Kier alpha value is -3.09. The SMILES string of the molecule is Cc1cc(N)ccc1-n1c(=O)cc(N)c2ccc(OC(F)F)cc21. The second kappa shape index (κ2) is 5.84. The number of nitrogen functional groups attached to an aromatic ring is 2. The van der Waals surface area contributed by atoms with Gasteiger partial charge in [0, 0.05) is 28.9 Å². The summed E-state index contributed by atoms with van der Waals surface area (Å²) in [7, 11) is 0. The number of rotatable bonds is 3. The molecule has 0 radical (unpaired) electrons. The first-order valence-corrected chi connectivity index (χ1v) is 7.13. The third-order valence-electron chi connectivity index (χ3n) is 3.71. The topological polar surface area (TPSA) is 83.3 Å². The Bertz CT molecular complexity index is 983. The lowest BCUT2D eigenvalue weighted by Crippen LogP contribution is -2.20. The number of hydrogen-bond acceptors (Lipinski definition) is 4. The van der Waals surface area contributed by atoms with Gasteiger partial charge in [-0.1, -0.05) is 0 Å². The number of nitrogens with two attached hydrogens (primary N) is 2. The molecule has 124 valence electrons. The van der Waals surface area contributed by atoms with Crippen molar-refractivity contribution in [3.05, 3.63) is 58.4 Å². The Balaban J connectivity index is 2.35. The van der Waals surface area contributed by atoms with Crippen LogP contribution in [0.3, 0.4) is 0 Å². The number of halogens is 2. The zero-order chi connectivity index (χ0) is 17.4. The Kier molecular flexibility index (Phi) is 3.84. The van der Waals surface area contributed by atoms with Crippen LogP contribution in [0.1, 0.15) is 5.56 Å². The fourth-order valence-corrected chi connectivity index (χ4v) is 2.69. The minimum atomic E-state index is -2.96. The summed E-state index contributed by atoms with van der Waals surface area (Å²) >= 11 is 0. The summed E-state index contributed by atoms with van der Waals surface area (Å²) in [5.41, 5.74) is 13.8. The number of anilines is 2. The molecule has 0 bridgehead atoms. The molecule has 0 atom stereocenters. The molecule has 24 heavy (non-hydrogen) atoms. The van der Waals surface area contributed by atoms with Crippen LogP contribution in [-0.4, -0.2) is 11.2 Å². The number of alkyl halides is 2. The summed E-state index contributed by atoms with van der Waals surface area (Å²) < 4.78 is 30.8. The molecule has 5 nitrogen and oxygen atoms in total. The van der Waals surface area contributed by atoms with Gasteiger partial charge in [0.2, 0.25) is 0 Å². The van der Waals surface area contributed by atoms with E-state index >= 15 is 0 Å². The summed E-state index contributed by atoms with van der Waals surface area (Å²) in [4.78, 5) is 12.5. The zero-order valence-corrected chi connectivity index (χ0v) is 12.8. The average molecular weight is 331 g/mol. The quantitative estimate of drug-likeness (QED) is 0.723. The van der Waals surface area contributed by atoms with Crippen molar-refractivity contribution in [1.29, 1.82) is 0 Å². The van der Waals surface area contributed by atoms with Crippen LogP contribution in [0.25, 0.3) is 16.6 Å². The molecule has 2 aromatic carbocycles. The fraction of sp³-hybridized carbons (Fsp3) is 0.118. The molecular formula is C17H15F2N3O2. The lowest BCUT2D eigenvalue weighted by atomic mass is 10.1. The van der Waals surface area contributed by atoms with E-state index < -0.39 is 6.61 Å². The monoisotopic (exact) mass is 331 g/mol. The van der Waals surface area contributed by atoms with Gasteiger partial charge < -0.3 is 16.2 Å². The van der Waals surface area contributed by atoms with Gasteiger partial charge in [-0.15, -0.1) is 0 Å². The van der Waals surface area contributed by atoms with Gasteiger partial charge in [0.05, 0.1) is 11.2 Å². The molecule has 0 saturated heterocycles. The molecule has 0 aliphatic heterocycles. The summed E-state index contributed by atoms with van der Waals surface area (Å²) in [5.74, 6) is -0.0515. The number of pyridine rings is 1. The molecule has 0 saturated carbocycles. The van der Waals surface area contributed by atoms with E-state index in [1.54, 1.807) is 31.2 Å². The lowest BCUT2D eigenvalue weighted by Gasteiger charge is -2.15. The Morgan fingerprint density at radius 2 is 1.83 bits per heavy atom. The van der Waals surface area contributed by atoms with Crippen molar-refractivity contribution in [2.75, 3.05) is 11.5 Å². The Labute approximate surface area is 136 Å². The van der Waals surface area contributed by atoms with Gasteiger partial charge in [0.1, 0.15) is 5.75 Å². The van der Waals surface area contributed by atoms with Crippen molar-refractivity contribution in [3.63, 3.8) is 0 Å². The molecule has 0 fully saturated rings. The zero-order valence-electron chi connectivity index (χ0n) is 12.8. The summed E-state index contributed by atoms with van der Waals surface area (Å²) in [6, 6.07) is 10.7. The first kappa shape index (κ1) is 15.8. The minimum absolute atomic E-state index is 0.0515. The van der Waals surface area contributed by atoms with Gasteiger partial charge in [-0.25, -0.2) is 0 Å². The van der Waals surface area contributed by atoms with E-state index in [0.29, 0.717) is 22.3 Å². The highest BCUT2D eigenvalue weighted by molar-refractivity contribution is 5.92. The highest BCUT2D eigenvalue weighted by atomic mass is 19.3. The molecule has 0 spiro atoms. The molecule has 3 aromatic rings. The van der Waals surface area contributed by atoms with E-state index in [4.69, 9.17) is 11.5 Å². The van der Waals surface area contributed by atoms with Gasteiger partial charge >= 0.3 is 6.61 Å². The third kappa shape index (κ3) is 2.76. The van der Waals surface area contributed by atoms with E-state index in [2.05, 4.69) is 4.74 Å². The van der Waals surface area contributed by atoms with E-state index in [-0.39, 0.29) is 17.0 Å². The maximum absolute atomic E-state index is 12.5. The number of nitrogens with zero attached hydrogens (tertiary/aromatic N) is 1. The molecule has 0 aliphatic rings. The van der Waals surface area contributed by atoms with Crippen LogP contribution >= 0.6 is 0 Å². The highest BCUT2D eigenvalue weighted by Gasteiger charge is 2.13. The normalized spacial score (nSPS) is 11.2. The van der Waals surface area contributed by atoms with Crippen LogP contribution in [0.15, 0.2) is 47.3 Å². The number of hydrogen-bond donors (Lipinski definition) is 2. The Morgan fingerprint density at radius 1 is 1.08 bits per heavy atom. The Morgan fingerprint density at radius 3 is 2.50 bits per heavy atom. The highest BCUT2D eigenvalue weighted by Crippen LogP contribution is 2.28. The van der Waals surface area contributed by atoms with Crippen molar-refractivity contribution < 1.29 is 13.5 Å². The third-order valence-corrected chi connectivity index (χ3v) is 3.71. The fourth-order valence-electron chi connectivity index (χ4n) is 2.69. The second-order valence-corrected chi connectivity index (χ2v) is 5.38. The number of fused-ring (bicyclic) bond motifs is 1. The van der Waals surface area contributed by atoms with Crippen LogP contribution in [0.5, 0.6) is 5.75 Å². The molecule has 3 rings (SSSR count). The second-order valence-electron chi connectivity index (χ2n) is 5.38. The van der Waals surface area contributed by atoms with Gasteiger partial charge in [-0.3, -0.25) is 9.36 Å². The van der Waals surface area contributed by atoms with Crippen molar-refractivity contribution in [2.45, 2.75) is 13.5 Å². The molecule has 1 aromatic heterocycles. The first-order chi connectivity index (χ1) is 11.4. The predicted octanol–water partition coefficient (Wildman–Crippen LogP) is 3.06. The maximum atomic E-state index is 12.5. The van der Waals surface area contributed by atoms with E-state index in [0.717, 1.165) is 5.56 Å². The minimum Gasteiger partial charge on any atom is -0.435 e. The molecular weight excluding hydrogens is 316 g/mol. The summed E-state index contributed by atoms with van der Waals surface area (Å²) in [6.45, 7) is -1.15. The molecule has 0 amide bonds.